The molecule has 2 fully saturated rings. The Hall–Kier alpha value is -1.37. The fourth-order valence-corrected chi connectivity index (χ4v) is 8.15. The summed E-state index contributed by atoms with van der Waals surface area (Å²) in [6.07, 6.45) is 3.45. The Morgan fingerprint density at radius 2 is 1.76 bits per heavy atom. The van der Waals surface area contributed by atoms with Crippen molar-refractivity contribution < 1.29 is 4.74 Å². The van der Waals surface area contributed by atoms with Crippen LogP contribution in [0.5, 0.6) is 0 Å². The number of hydrogen-bond acceptors (Lipinski definition) is 2. The molecular weight excluding hydrogens is 277 g/mol. The molecule has 4 rings (SSSR count). The van der Waals surface area contributed by atoms with Gasteiger partial charge in [0.25, 0.3) is 0 Å². The van der Waals surface area contributed by atoms with Gasteiger partial charge < -0.3 is 4.74 Å². The van der Waals surface area contributed by atoms with Crippen LogP contribution in [-0.2, 0) is 10.9 Å². The molecule has 2 aromatic rings. The molecule has 2 saturated heterocycles. The summed E-state index contributed by atoms with van der Waals surface area (Å²) in [5, 5.41) is 0. The smallest absolute Gasteiger partial charge is 0.122 e. The molecule has 2 aliphatic rings. The first-order valence-corrected chi connectivity index (χ1v) is 9.75. The van der Waals surface area contributed by atoms with Crippen LogP contribution in [0.3, 0.4) is 0 Å². The Labute approximate surface area is 126 Å². The fraction of sp³-hybridized carbons (Fsp3) is 0.333. The zero-order valence-corrected chi connectivity index (χ0v) is 13.2. The van der Waals surface area contributed by atoms with Crippen molar-refractivity contribution in [2.75, 3.05) is 6.16 Å². The molecule has 0 radical (unpaired) electrons. The van der Waals surface area contributed by atoms with Gasteiger partial charge in [-0.2, -0.15) is 0 Å². The van der Waals surface area contributed by atoms with Gasteiger partial charge in [0.15, 0.2) is 0 Å². The zero-order valence-electron chi connectivity index (χ0n) is 12.3. The van der Waals surface area contributed by atoms with Crippen LogP contribution >= 0.6 is 7.05 Å². The first kappa shape index (κ1) is 13.3. The normalized spacial score (nSPS) is 33.5. The van der Waals surface area contributed by atoms with Gasteiger partial charge in [-0.05, 0) is 37.2 Å². The summed E-state index contributed by atoms with van der Waals surface area (Å²) in [7, 11) is -1.47. The highest BCUT2D eigenvalue weighted by atomic mass is 31.2. The maximum atomic E-state index is 6.06. The van der Waals surface area contributed by atoms with Crippen molar-refractivity contribution in [2.45, 2.75) is 31.0 Å². The lowest BCUT2D eigenvalue weighted by molar-refractivity contribution is 0.308. The number of epoxide rings is 1. The molecule has 108 valence electrons. The van der Waals surface area contributed by atoms with Crippen LogP contribution < -0.4 is 0 Å². The van der Waals surface area contributed by atoms with Crippen LogP contribution in [0.1, 0.15) is 18.9 Å². The van der Waals surface area contributed by atoms with Crippen molar-refractivity contribution in [3.05, 3.63) is 66.2 Å². The van der Waals surface area contributed by atoms with Crippen LogP contribution in [0.4, 0.5) is 5.69 Å². The molecular formula is C18H20NOP. The minimum atomic E-state index is -1.47. The third-order valence-electron chi connectivity index (χ3n) is 4.65. The lowest BCUT2D eigenvalue weighted by atomic mass is 10.1. The fourth-order valence-electron chi connectivity index (χ4n) is 3.47. The van der Waals surface area contributed by atoms with Crippen molar-refractivity contribution in [3.63, 3.8) is 0 Å². The van der Waals surface area contributed by atoms with E-state index in [2.05, 4.69) is 61.5 Å². The molecule has 2 aromatic carbocycles. The van der Waals surface area contributed by atoms with E-state index in [9.17, 15) is 0 Å². The van der Waals surface area contributed by atoms with Gasteiger partial charge in [-0.3, -0.25) is 4.74 Å². The topological polar surface area (TPSA) is 24.9 Å². The van der Waals surface area contributed by atoms with Gasteiger partial charge in [0, 0.05) is 13.2 Å². The van der Waals surface area contributed by atoms with E-state index in [0.29, 0.717) is 5.85 Å². The molecule has 3 heteroatoms. The molecule has 3 unspecified atom stereocenters. The first-order chi connectivity index (χ1) is 10.2. The number of hydrogen-bond donors (Lipinski definition) is 0. The van der Waals surface area contributed by atoms with Crippen LogP contribution in [0, 0.1) is 0 Å². The van der Waals surface area contributed by atoms with Gasteiger partial charge in [0.05, 0.1) is 11.3 Å². The molecule has 0 N–H and O–H groups in total. The molecule has 0 amide bonds. The molecule has 2 nitrogen and oxygen atoms in total. The minimum Gasteiger partial charge on any atom is -0.360 e. The van der Waals surface area contributed by atoms with E-state index < -0.39 is 7.05 Å². The van der Waals surface area contributed by atoms with Crippen LogP contribution in [0.25, 0.3) is 0 Å². The second-order valence-corrected chi connectivity index (χ2v) is 9.73. The molecule has 2 aliphatic heterocycles. The maximum Gasteiger partial charge on any atom is 0.122 e. The molecule has 0 aromatic heterocycles. The number of benzene rings is 2. The molecule has 0 bridgehead atoms. The Morgan fingerprint density at radius 1 is 1.10 bits per heavy atom. The third-order valence-corrected chi connectivity index (χ3v) is 8.71. The van der Waals surface area contributed by atoms with E-state index in [1.807, 2.05) is 6.07 Å². The molecule has 2 heterocycles. The third kappa shape index (κ3) is 2.37. The minimum absolute atomic E-state index is 0.112. The van der Waals surface area contributed by atoms with Gasteiger partial charge in [-0.1, -0.05) is 48.5 Å². The summed E-state index contributed by atoms with van der Waals surface area (Å²) in [6.45, 7) is 2.25. The predicted molar refractivity (Wildman–Crippen MR) is 88.4 cm³/mol. The zero-order chi connectivity index (χ0) is 14.3. The van der Waals surface area contributed by atoms with E-state index in [0.717, 1.165) is 18.3 Å². The Bertz CT molecular complexity index is 698. The second-order valence-electron chi connectivity index (χ2n) is 6.32. The summed E-state index contributed by atoms with van der Waals surface area (Å²) in [5.74, 6) is 0.380. The summed E-state index contributed by atoms with van der Waals surface area (Å²) < 4.78 is 11.3. The highest BCUT2D eigenvalue weighted by Crippen LogP contribution is 2.75. The molecule has 0 spiro atoms. The highest BCUT2D eigenvalue weighted by molar-refractivity contribution is 7.67. The van der Waals surface area contributed by atoms with E-state index in [4.69, 9.17) is 9.48 Å². The molecule has 21 heavy (non-hydrogen) atoms. The monoisotopic (exact) mass is 297 g/mol. The Kier molecular flexibility index (Phi) is 3.06. The van der Waals surface area contributed by atoms with E-state index in [1.54, 1.807) is 0 Å². The lowest BCUT2D eigenvalue weighted by Crippen LogP contribution is -2.00. The lowest BCUT2D eigenvalue weighted by Gasteiger charge is -2.20. The first-order valence-electron chi connectivity index (χ1n) is 7.57. The quantitative estimate of drug-likeness (QED) is 0.562. The van der Waals surface area contributed by atoms with Gasteiger partial charge in [-0.25, -0.2) is 0 Å². The second kappa shape index (κ2) is 4.83. The average molecular weight is 297 g/mol. The molecule has 0 saturated carbocycles. The largest absolute Gasteiger partial charge is 0.360 e. The number of rotatable bonds is 3. The number of nitrogens with zero attached hydrogens (tertiary/aromatic N) is 1. The Balaban J connectivity index is 1.76. The van der Waals surface area contributed by atoms with Crippen molar-refractivity contribution in [1.29, 1.82) is 0 Å². The number of ether oxygens (including phenoxy) is 1. The van der Waals surface area contributed by atoms with Gasteiger partial charge in [-0.15, -0.1) is 0 Å². The summed E-state index contributed by atoms with van der Waals surface area (Å²) in [4.78, 5) is 0. The van der Waals surface area contributed by atoms with Gasteiger partial charge >= 0.3 is 0 Å². The van der Waals surface area contributed by atoms with Crippen molar-refractivity contribution >= 4 is 12.7 Å². The highest BCUT2D eigenvalue weighted by Gasteiger charge is 2.64. The molecule has 0 aliphatic carbocycles. The van der Waals surface area contributed by atoms with Crippen molar-refractivity contribution in [1.82, 2.24) is 0 Å². The summed E-state index contributed by atoms with van der Waals surface area (Å²) >= 11 is 0. The standard InChI is InChI=1S/C18H20NOP/c1-18-12-13-21(17(18)20-18,14-15-8-4-2-5-9-15)19-16-10-6-3-7-11-16/h2-11,17H,12-14H2,1H3. The SMILES string of the molecule is CC12CCP(Cc3ccccc3)(=Nc3ccccc3)C1O2. The summed E-state index contributed by atoms with van der Waals surface area (Å²) in [6, 6.07) is 21.2. The maximum absolute atomic E-state index is 6.06. The van der Waals surface area contributed by atoms with Crippen LogP contribution in [0.15, 0.2) is 65.4 Å². The predicted octanol–water partition coefficient (Wildman–Crippen LogP) is 5.24. The molecule has 3 atom stereocenters. The van der Waals surface area contributed by atoms with Gasteiger partial charge in [0.1, 0.15) is 5.85 Å². The summed E-state index contributed by atoms with van der Waals surface area (Å²) in [5.41, 5.74) is 2.62. The van der Waals surface area contributed by atoms with Crippen LogP contribution in [-0.4, -0.2) is 17.6 Å². The van der Waals surface area contributed by atoms with Gasteiger partial charge in [0.2, 0.25) is 0 Å². The van der Waals surface area contributed by atoms with E-state index in [-0.39, 0.29) is 5.60 Å². The average Bonchev–Trinajstić information content (AvgIpc) is 3.13. The van der Waals surface area contributed by atoms with Crippen molar-refractivity contribution in [2.24, 2.45) is 4.74 Å². The van der Waals surface area contributed by atoms with E-state index >= 15 is 0 Å². The van der Waals surface area contributed by atoms with Crippen molar-refractivity contribution in [3.8, 4) is 0 Å². The van der Waals surface area contributed by atoms with Crippen LogP contribution in [0.2, 0.25) is 0 Å². The number of fused-ring (bicyclic) bond motifs is 1. The Morgan fingerprint density at radius 3 is 2.33 bits per heavy atom. The van der Waals surface area contributed by atoms with E-state index in [1.165, 1.54) is 11.7 Å².